The van der Waals surface area contributed by atoms with Gasteiger partial charge in [0.2, 0.25) is 0 Å². The van der Waals surface area contributed by atoms with Crippen molar-refractivity contribution in [3.05, 3.63) is 65.9 Å². The van der Waals surface area contributed by atoms with Crippen molar-refractivity contribution < 1.29 is 19.5 Å². The molecule has 1 unspecified atom stereocenters. The van der Waals surface area contributed by atoms with Gasteiger partial charge in [-0.25, -0.2) is 5.48 Å². The highest BCUT2D eigenvalue weighted by Crippen LogP contribution is 2.22. The number of hydroxylamine groups is 1. The van der Waals surface area contributed by atoms with Gasteiger partial charge in [-0.05, 0) is 30.4 Å². The molecule has 8 nitrogen and oxygen atoms in total. The van der Waals surface area contributed by atoms with Crippen LogP contribution in [0.4, 0.5) is 0 Å². The van der Waals surface area contributed by atoms with E-state index in [0.29, 0.717) is 30.0 Å². The van der Waals surface area contributed by atoms with Crippen LogP contribution in [0.3, 0.4) is 0 Å². The van der Waals surface area contributed by atoms with Gasteiger partial charge < -0.3 is 10.1 Å². The fraction of sp³-hybridized carbons (Fsp3) is 0.348. The van der Waals surface area contributed by atoms with Gasteiger partial charge in [-0.2, -0.15) is 5.10 Å². The molecule has 162 valence electrons. The second kappa shape index (κ2) is 9.72. The Kier molecular flexibility index (Phi) is 6.59. The molecule has 1 atom stereocenters. The maximum atomic E-state index is 12.9. The lowest BCUT2D eigenvalue weighted by Gasteiger charge is -2.22. The Morgan fingerprint density at radius 2 is 1.90 bits per heavy atom. The first-order valence-electron chi connectivity index (χ1n) is 10.5. The van der Waals surface area contributed by atoms with Crippen LogP contribution in [0.25, 0.3) is 10.9 Å². The van der Waals surface area contributed by atoms with E-state index in [4.69, 9.17) is 4.74 Å². The van der Waals surface area contributed by atoms with E-state index in [1.54, 1.807) is 23.8 Å². The lowest BCUT2D eigenvalue weighted by Crippen LogP contribution is -2.32. The third-order valence-electron chi connectivity index (χ3n) is 5.69. The molecule has 2 heterocycles. The Balaban J connectivity index is 1.57. The number of rotatable bonds is 7. The van der Waals surface area contributed by atoms with E-state index in [-0.39, 0.29) is 5.91 Å². The molecule has 31 heavy (non-hydrogen) atoms. The summed E-state index contributed by atoms with van der Waals surface area (Å²) in [6.07, 6.45) is 3.97. The van der Waals surface area contributed by atoms with Crippen LogP contribution in [-0.4, -0.2) is 46.6 Å². The van der Waals surface area contributed by atoms with Crippen molar-refractivity contribution in [1.82, 2.24) is 20.6 Å². The minimum absolute atomic E-state index is 0.187. The molecule has 0 bridgehead atoms. The number of nitrogens with zero attached hydrogens (tertiary/aromatic N) is 2. The molecule has 1 fully saturated rings. The number of aromatic nitrogens is 2. The summed E-state index contributed by atoms with van der Waals surface area (Å²) in [4.78, 5) is 25.2. The summed E-state index contributed by atoms with van der Waals surface area (Å²) in [6, 6.07) is 14.1. The maximum Gasteiger partial charge on any atom is 0.268 e. The number of carbonyl (C=O) groups is 2. The van der Waals surface area contributed by atoms with Gasteiger partial charge in [0.1, 0.15) is 11.6 Å². The zero-order valence-corrected chi connectivity index (χ0v) is 17.2. The van der Waals surface area contributed by atoms with Crippen molar-refractivity contribution in [2.75, 3.05) is 19.8 Å². The maximum absolute atomic E-state index is 12.9. The van der Waals surface area contributed by atoms with E-state index in [0.717, 1.165) is 37.0 Å². The molecule has 0 saturated carbocycles. The Morgan fingerprint density at radius 1 is 1.13 bits per heavy atom. The summed E-state index contributed by atoms with van der Waals surface area (Å²) in [5, 5.41) is 17.6. The highest BCUT2D eigenvalue weighted by molar-refractivity contribution is 6.05. The van der Waals surface area contributed by atoms with Crippen molar-refractivity contribution in [2.24, 2.45) is 5.92 Å². The predicted octanol–water partition coefficient (Wildman–Crippen LogP) is 2.48. The van der Waals surface area contributed by atoms with Crippen molar-refractivity contribution in [3.63, 3.8) is 0 Å². The lowest BCUT2D eigenvalue weighted by atomic mass is 10.0. The van der Waals surface area contributed by atoms with Gasteiger partial charge in [0.15, 0.2) is 0 Å². The number of hydrogen-bond donors (Lipinski definition) is 3. The molecule has 1 aromatic heterocycles. The normalized spacial score (nSPS) is 15.5. The number of benzene rings is 2. The largest absolute Gasteiger partial charge is 0.381 e. The van der Waals surface area contributed by atoms with Gasteiger partial charge in [0.25, 0.3) is 11.8 Å². The molecular formula is C23H26N4O4. The van der Waals surface area contributed by atoms with Gasteiger partial charge in [0, 0.05) is 37.8 Å². The smallest absolute Gasteiger partial charge is 0.268 e. The van der Waals surface area contributed by atoms with E-state index < -0.39 is 11.9 Å². The molecule has 0 radical (unpaired) electrons. The summed E-state index contributed by atoms with van der Waals surface area (Å²) in [6.45, 7) is 2.06. The number of fused-ring (bicyclic) bond motifs is 1. The van der Waals surface area contributed by atoms with Crippen LogP contribution in [0.15, 0.2) is 54.7 Å². The van der Waals surface area contributed by atoms with Crippen molar-refractivity contribution in [2.45, 2.75) is 25.3 Å². The SMILES string of the molecule is O=C(NCC1CCOCC1)c1cccc2cn(C(Cc3ccccc3)C(=O)NO)nc12. The molecule has 4 rings (SSSR count). The zero-order valence-electron chi connectivity index (χ0n) is 17.2. The average molecular weight is 422 g/mol. The molecule has 1 aliphatic heterocycles. The standard InChI is InChI=1S/C23H26N4O4/c28-22(24-14-17-9-11-31-12-10-17)19-8-4-7-18-15-27(25-21(18)19)20(23(29)26-30)13-16-5-2-1-3-6-16/h1-8,15,17,20,30H,9-14H2,(H,24,28)(H,26,29). The van der Waals surface area contributed by atoms with Crippen LogP contribution >= 0.6 is 0 Å². The van der Waals surface area contributed by atoms with E-state index in [9.17, 15) is 14.8 Å². The van der Waals surface area contributed by atoms with Crippen molar-refractivity contribution >= 4 is 22.7 Å². The van der Waals surface area contributed by atoms with E-state index >= 15 is 0 Å². The quantitative estimate of drug-likeness (QED) is 0.401. The Labute approximate surface area is 180 Å². The van der Waals surface area contributed by atoms with E-state index in [2.05, 4.69) is 10.4 Å². The van der Waals surface area contributed by atoms with Gasteiger partial charge in [0.05, 0.1) is 5.56 Å². The topological polar surface area (TPSA) is 105 Å². The predicted molar refractivity (Wildman–Crippen MR) is 115 cm³/mol. The van der Waals surface area contributed by atoms with Crippen LogP contribution < -0.4 is 10.8 Å². The summed E-state index contributed by atoms with van der Waals surface area (Å²) in [7, 11) is 0. The van der Waals surface area contributed by atoms with Crippen LogP contribution in [0.1, 0.15) is 34.8 Å². The second-order valence-electron chi connectivity index (χ2n) is 7.80. The van der Waals surface area contributed by atoms with Gasteiger partial charge >= 0.3 is 0 Å². The van der Waals surface area contributed by atoms with Crippen LogP contribution in [0, 0.1) is 5.92 Å². The minimum atomic E-state index is -0.752. The fourth-order valence-corrected chi connectivity index (χ4v) is 3.91. The van der Waals surface area contributed by atoms with Crippen LogP contribution in [0.5, 0.6) is 0 Å². The Morgan fingerprint density at radius 3 is 2.65 bits per heavy atom. The highest BCUT2D eigenvalue weighted by Gasteiger charge is 2.24. The van der Waals surface area contributed by atoms with Crippen LogP contribution in [-0.2, 0) is 16.0 Å². The minimum Gasteiger partial charge on any atom is -0.381 e. The zero-order chi connectivity index (χ0) is 21.6. The number of hydrogen-bond acceptors (Lipinski definition) is 5. The van der Waals surface area contributed by atoms with Gasteiger partial charge in [-0.1, -0.05) is 42.5 Å². The summed E-state index contributed by atoms with van der Waals surface area (Å²) in [5.41, 5.74) is 3.66. The molecule has 1 aliphatic rings. The first-order valence-corrected chi connectivity index (χ1v) is 10.5. The first-order chi connectivity index (χ1) is 15.2. The summed E-state index contributed by atoms with van der Waals surface area (Å²) >= 11 is 0. The third kappa shape index (κ3) is 4.92. The third-order valence-corrected chi connectivity index (χ3v) is 5.69. The Hall–Kier alpha value is -3.23. The van der Waals surface area contributed by atoms with E-state index in [1.807, 2.05) is 36.4 Å². The summed E-state index contributed by atoms with van der Waals surface area (Å²) in [5.74, 6) is -0.339. The Bertz CT molecular complexity index is 1040. The molecule has 0 spiro atoms. The number of amides is 2. The van der Waals surface area contributed by atoms with Gasteiger partial charge in [-0.15, -0.1) is 0 Å². The van der Waals surface area contributed by atoms with Crippen molar-refractivity contribution in [1.29, 1.82) is 0 Å². The monoisotopic (exact) mass is 422 g/mol. The molecule has 8 heteroatoms. The van der Waals surface area contributed by atoms with E-state index in [1.165, 1.54) is 4.68 Å². The molecule has 2 aromatic carbocycles. The fourth-order valence-electron chi connectivity index (χ4n) is 3.91. The molecule has 3 N–H and O–H groups in total. The van der Waals surface area contributed by atoms with Crippen LogP contribution in [0.2, 0.25) is 0 Å². The molecule has 1 saturated heterocycles. The average Bonchev–Trinajstić information content (AvgIpc) is 3.26. The molecule has 0 aliphatic carbocycles. The first kappa shape index (κ1) is 21.0. The summed E-state index contributed by atoms with van der Waals surface area (Å²) < 4.78 is 6.88. The molecular weight excluding hydrogens is 396 g/mol. The number of ether oxygens (including phenoxy) is 1. The molecule has 2 amide bonds. The lowest BCUT2D eigenvalue weighted by molar-refractivity contribution is -0.132. The van der Waals surface area contributed by atoms with Crippen molar-refractivity contribution in [3.8, 4) is 0 Å². The number of nitrogens with one attached hydrogen (secondary N) is 2. The van der Waals surface area contributed by atoms with Gasteiger partial charge in [-0.3, -0.25) is 19.5 Å². The molecule has 3 aromatic rings. The second-order valence-corrected chi connectivity index (χ2v) is 7.80. The number of carbonyl (C=O) groups excluding carboxylic acids is 2. The highest BCUT2D eigenvalue weighted by atomic mass is 16.5.